The monoisotopic (exact) mass is 235 g/mol. The summed E-state index contributed by atoms with van der Waals surface area (Å²) in [6.07, 6.45) is 0.708. The van der Waals surface area contributed by atoms with Crippen LogP contribution in [-0.2, 0) is 4.84 Å². The summed E-state index contributed by atoms with van der Waals surface area (Å²) in [7, 11) is 0. The molecule has 0 unspecified atom stereocenters. The van der Waals surface area contributed by atoms with Crippen LogP contribution >= 0.6 is 23.2 Å². The van der Waals surface area contributed by atoms with Gasteiger partial charge in [-0.15, -0.1) is 0 Å². The minimum atomic E-state index is 0.457. The third-order valence-electron chi connectivity index (χ3n) is 1.56. The smallest absolute Gasteiger partial charge is 0.139 e. The van der Waals surface area contributed by atoms with E-state index < -0.39 is 0 Å². The maximum Gasteiger partial charge on any atom is 0.139 e. The highest BCUT2D eigenvalue weighted by Gasteiger charge is 2.01. The summed E-state index contributed by atoms with van der Waals surface area (Å²) in [4.78, 5) is 4.39. The zero-order valence-electron chi connectivity index (χ0n) is 7.50. The predicted octanol–water partition coefficient (Wildman–Crippen LogP) is 2.65. The molecular weight excluding hydrogens is 225 g/mol. The molecule has 2 N–H and O–H groups in total. The molecule has 0 aliphatic rings. The molecule has 3 nitrogen and oxygen atoms in total. The van der Waals surface area contributed by atoms with Crippen molar-refractivity contribution >= 4 is 23.2 Å². The van der Waals surface area contributed by atoms with Crippen molar-refractivity contribution in [3.63, 3.8) is 0 Å². The Bertz CT molecular complexity index is 294. The van der Waals surface area contributed by atoms with E-state index in [0.29, 0.717) is 35.4 Å². The molecule has 0 aliphatic carbocycles. The lowest BCUT2D eigenvalue weighted by atomic mass is 10.3. The van der Waals surface area contributed by atoms with Crippen molar-refractivity contribution in [2.24, 2.45) is 5.90 Å². The highest BCUT2D eigenvalue weighted by molar-refractivity contribution is 6.34. The molecule has 0 amide bonds. The van der Waals surface area contributed by atoms with Crippen LogP contribution in [0.4, 0.5) is 0 Å². The van der Waals surface area contributed by atoms with E-state index in [2.05, 4.69) is 4.84 Å². The average molecular weight is 236 g/mol. The van der Waals surface area contributed by atoms with Gasteiger partial charge in [-0.25, -0.2) is 5.90 Å². The lowest BCUT2D eigenvalue weighted by molar-refractivity contribution is 0.122. The van der Waals surface area contributed by atoms with E-state index in [1.54, 1.807) is 18.2 Å². The van der Waals surface area contributed by atoms with Gasteiger partial charge >= 0.3 is 0 Å². The van der Waals surface area contributed by atoms with Crippen molar-refractivity contribution in [1.29, 1.82) is 0 Å². The molecule has 1 rings (SSSR count). The number of rotatable bonds is 5. The summed E-state index contributed by atoms with van der Waals surface area (Å²) in [6.45, 7) is 0.954. The van der Waals surface area contributed by atoms with E-state index >= 15 is 0 Å². The molecule has 0 aliphatic heterocycles. The Morgan fingerprint density at radius 3 is 2.71 bits per heavy atom. The predicted molar refractivity (Wildman–Crippen MR) is 56.7 cm³/mol. The van der Waals surface area contributed by atoms with Gasteiger partial charge < -0.3 is 9.57 Å². The van der Waals surface area contributed by atoms with Gasteiger partial charge in [0.1, 0.15) is 5.75 Å². The molecule has 0 aromatic heterocycles. The Balaban J connectivity index is 2.45. The molecule has 0 heterocycles. The molecule has 1 aromatic carbocycles. The lowest BCUT2D eigenvalue weighted by Gasteiger charge is -2.07. The van der Waals surface area contributed by atoms with Crippen molar-refractivity contribution < 1.29 is 9.57 Å². The normalized spacial score (nSPS) is 10.2. The van der Waals surface area contributed by atoms with E-state index in [-0.39, 0.29) is 0 Å². The molecule has 0 saturated carbocycles. The maximum atomic E-state index is 5.87. The van der Waals surface area contributed by atoms with E-state index in [1.807, 2.05) is 0 Å². The zero-order valence-corrected chi connectivity index (χ0v) is 9.02. The van der Waals surface area contributed by atoms with Crippen LogP contribution in [0.3, 0.4) is 0 Å². The van der Waals surface area contributed by atoms with E-state index in [9.17, 15) is 0 Å². The Hall–Kier alpha value is -0.480. The van der Waals surface area contributed by atoms with Crippen molar-refractivity contribution in [1.82, 2.24) is 0 Å². The minimum Gasteiger partial charge on any atom is -0.492 e. The molecule has 5 heteroatoms. The van der Waals surface area contributed by atoms with E-state index in [1.165, 1.54) is 0 Å². The van der Waals surface area contributed by atoms with Gasteiger partial charge in [-0.2, -0.15) is 0 Å². The molecule has 0 radical (unpaired) electrons. The lowest BCUT2D eigenvalue weighted by Crippen LogP contribution is -2.06. The second-order valence-corrected chi connectivity index (χ2v) is 3.49. The largest absolute Gasteiger partial charge is 0.492 e. The average Bonchev–Trinajstić information content (AvgIpc) is 2.18. The highest BCUT2D eigenvalue weighted by Crippen LogP contribution is 2.27. The van der Waals surface area contributed by atoms with Crippen LogP contribution in [0.25, 0.3) is 0 Å². The Morgan fingerprint density at radius 2 is 2.00 bits per heavy atom. The van der Waals surface area contributed by atoms with Crippen LogP contribution in [0.5, 0.6) is 5.75 Å². The summed E-state index contributed by atoms with van der Waals surface area (Å²) in [6, 6.07) is 5.07. The summed E-state index contributed by atoms with van der Waals surface area (Å²) in [5.74, 6) is 5.44. The molecule has 0 spiro atoms. The van der Waals surface area contributed by atoms with Gasteiger partial charge in [-0.05, 0) is 12.1 Å². The molecule has 14 heavy (non-hydrogen) atoms. The first kappa shape index (κ1) is 11.6. The summed E-state index contributed by atoms with van der Waals surface area (Å²) < 4.78 is 5.37. The Morgan fingerprint density at radius 1 is 1.21 bits per heavy atom. The van der Waals surface area contributed by atoms with Gasteiger partial charge in [0.2, 0.25) is 0 Å². The zero-order chi connectivity index (χ0) is 10.4. The third kappa shape index (κ3) is 3.72. The van der Waals surface area contributed by atoms with E-state index in [4.69, 9.17) is 33.8 Å². The van der Waals surface area contributed by atoms with Crippen LogP contribution < -0.4 is 10.6 Å². The Labute approximate surface area is 92.7 Å². The maximum absolute atomic E-state index is 5.87. The van der Waals surface area contributed by atoms with Gasteiger partial charge in [-0.3, -0.25) is 0 Å². The molecule has 0 fully saturated rings. The first-order chi connectivity index (χ1) is 6.74. The standard InChI is InChI=1S/C9H11Cl2NO2/c10-7-2-3-8(11)9(6-7)13-4-1-5-14-12/h2-3,6H,1,4-5,12H2. The number of ether oxygens (including phenoxy) is 1. The fraction of sp³-hybridized carbons (Fsp3) is 0.333. The van der Waals surface area contributed by atoms with Gasteiger partial charge in [0.05, 0.1) is 18.2 Å². The Kier molecular flexibility index (Phi) is 5.04. The van der Waals surface area contributed by atoms with E-state index in [0.717, 1.165) is 0 Å². The SMILES string of the molecule is NOCCCOc1cc(Cl)ccc1Cl. The number of hydrogen-bond acceptors (Lipinski definition) is 3. The van der Waals surface area contributed by atoms with Crippen molar-refractivity contribution in [3.8, 4) is 5.75 Å². The second-order valence-electron chi connectivity index (χ2n) is 2.65. The fourth-order valence-electron chi connectivity index (χ4n) is 0.912. The topological polar surface area (TPSA) is 44.5 Å². The third-order valence-corrected chi connectivity index (χ3v) is 2.10. The molecular formula is C9H11Cl2NO2. The van der Waals surface area contributed by atoms with Crippen LogP contribution in [0.1, 0.15) is 6.42 Å². The molecule has 0 saturated heterocycles. The van der Waals surface area contributed by atoms with Crippen molar-refractivity contribution in [2.45, 2.75) is 6.42 Å². The number of hydrogen-bond donors (Lipinski definition) is 1. The van der Waals surface area contributed by atoms with Crippen LogP contribution in [0.15, 0.2) is 18.2 Å². The second kappa shape index (κ2) is 6.09. The molecule has 0 atom stereocenters. The van der Waals surface area contributed by atoms with Gasteiger partial charge in [0.15, 0.2) is 0 Å². The highest BCUT2D eigenvalue weighted by atomic mass is 35.5. The fourth-order valence-corrected chi connectivity index (χ4v) is 1.25. The summed E-state index contributed by atoms with van der Waals surface area (Å²) in [5, 5.41) is 1.14. The van der Waals surface area contributed by atoms with Gasteiger partial charge in [0, 0.05) is 17.5 Å². The van der Waals surface area contributed by atoms with Crippen molar-refractivity contribution in [2.75, 3.05) is 13.2 Å². The summed E-state index contributed by atoms with van der Waals surface area (Å²) >= 11 is 11.6. The van der Waals surface area contributed by atoms with Gasteiger partial charge in [-0.1, -0.05) is 23.2 Å². The molecule has 0 bridgehead atoms. The first-order valence-electron chi connectivity index (χ1n) is 4.13. The molecule has 1 aromatic rings. The van der Waals surface area contributed by atoms with Crippen molar-refractivity contribution in [3.05, 3.63) is 28.2 Å². The number of benzene rings is 1. The quantitative estimate of drug-likeness (QED) is 0.631. The molecule has 78 valence electrons. The van der Waals surface area contributed by atoms with Crippen LogP contribution in [0.2, 0.25) is 10.0 Å². The summed E-state index contributed by atoms with van der Waals surface area (Å²) in [5.41, 5.74) is 0. The number of nitrogens with two attached hydrogens (primary N) is 1. The minimum absolute atomic E-state index is 0.457. The number of halogens is 2. The van der Waals surface area contributed by atoms with Gasteiger partial charge in [0.25, 0.3) is 0 Å². The first-order valence-corrected chi connectivity index (χ1v) is 4.89. The van der Waals surface area contributed by atoms with Crippen LogP contribution in [-0.4, -0.2) is 13.2 Å². The van der Waals surface area contributed by atoms with Crippen LogP contribution in [0, 0.1) is 0 Å².